The molecular formula is C34H51NO11. The Labute approximate surface area is 272 Å². The molecule has 1 N–H and O–H groups in total. The van der Waals surface area contributed by atoms with Crippen LogP contribution in [0, 0.1) is 21.7 Å². The van der Waals surface area contributed by atoms with Crippen molar-refractivity contribution in [3.63, 3.8) is 0 Å². The third-order valence-corrected chi connectivity index (χ3v) is 6.82. The van der Waals surface area contributed by atoms with Crippen LogP contribution in [0.1, 0.15) is 93.4 Å². The summed E-state index contributed by atoms with van der Waals surface area (Å²) in [6, 6.07) is 6.25. The van der Waals surface area contributed by atoms with E-state index in [0.29, 0.717) is 5.75 Å². The summed E-state index contributed by atoms with van der Waals surface area (Å²) in [5, 5.41) is 2.72. The van der Waals surface area contributed by atoms with Gasteiger partial charge in [-0.05, 0) is 107 Å². The predicted octanol–water partition coefficient (Wildman–Crippen LogP) is 4.61. The number of carbonyl (C=O) groups is 5. The van der Waals surface area contributed by atoms with E-state index in [9.17, 15) is 24.0 Å². The van der Waals surface area contributed by atoms with E-state index in [1.807, 2.05) is 0 Å². The van der Waals surface area contributed by atoms with Crippen LogP contribution in [0.25, 0.3) is 0 Å². The highest BCUT2D eigenvalue weighted by Gasteiger charge is 2.55. The van der Waals surface area contributed by atoms with E-state index in [1.54, 1.807) is 95.2 Å². The van der Waals surface area contributed by atoms with Crippen molar-refractivity contribution in [2.75, 3.05) is 13.7 Å². The molecule has 1 aliphatic rings. The summed E-state index contributed by atoms with van der Waals surface area (Å²) < 4.78 is 34.8. The Morgan fingerprint density at radius 3 is 1.46 bits per heavy atom. The van der Waals surface area contributed by atoms with E-state index < -0.39 is 88.7 Å². The predicted molar refractivity (Wildman–Crippen MR) is 168 cm³/mol. The number of benzene rings is 1. The second-order valence-electron chi connectivity index (χ2n) is 15.5. The van der Waals surface area contributed by atoms with Crippen LogP contribution in [0.2, 0.25) is 0 Å². The van der Waals surface area contributed by atoms with Crippen LogP contribution >= 0.6 is 0 Å². The monoisotopic (exact) mass is 649 g/mol. The number of carbonyl (C=O) groups excluding carboxylic acids is 5. The van der Waals surface area contributed by atoms with Gasteiger partial charge in [-0.15, -0.1) is 0 Å². The number of methoxy groups -OCH3 is 1. The van der Waals surface area contributed by atoms with Gasteiger partial charge < -0.3 is 33.7 Å². The second-order valence-corrected chi connectivity index (χ2v) is 15.5. The summed E-state index contributed by atoms with van der Waals surface area (Å²) >= 11 is 0. The fraction of sp³-hybridized carbons (Fsp3) is 0.676. The van der Waals surface area contributed by atoms with Gasteiger partial charge in [0.05, 0.1) is 28.8 Å². The first-order chi connectivity index (χ1) is 20.9. The Balaban J connectivity index is 2.71. The molecule has 1 saturated heterocycles. The fourth-order valence-electron chi connectivity index (χ4n) is 3.80. The molecule has 1 aromatic carbocycles. The number of hydrogen-bond donors (Lipinski definition) is 1. The molecule has 0 aromatic heterocycles. The molecule has 0 saturated carbocycles. The molecule has 1 amide bonds. The van der Waals surface area contributed by atoms with Crippen molar-refractivity contribution < 1.29 is 52.4 Å². The van der Waals surface area contributed by atoms with Crippen molar-refractivity contribution >= 4 is 29.8 Å². The lowest BCUT2D eigenvalue weighted by atomic mass is 9.92. The zero-order valence-corrected chi connectivity index (χ0v) is 29.4. The minimum atomic E-state index is -1.48. The topological polar surface area (TPSA) is 153 Å². The maximum atomic E-state index is 13.5. The lowest BCUT2D eigenvalue weighted by molar-refractivity contribution is -0.262. The zero-order chi connectivity index (χ0) is 35.4. The van der Waals surface area contributed by atoms with Crippen LogP contribution in [0.3, 0.4) is 0 Å². The van der Waals surface area contributed by atoms with E-state index in [4.69, 9.17) is 28.4 Å². The van der Waals surface area contributed by atoms with Gasteiger partial charge in [-0.3, -0.25) is 24.0 Å². The van der Waals surface area contributed by atoms with Crippen LogP contribution < -0.4 is 10.1 Å². The molecule has 0 unspecified atom stereocenters. The van der Waals surface area contributed by atoms with E-state index in [-0.39, 0.29) is 5.56 Å². The quantitative estimate of drug-likeness (QED) is 0.310. The molecule has 1 aliphatic heterocycles. The SMILES string of the molecule is COc1ccc(C(=O)N[C@@H]2O[C@H](COC(=O)C(C)(C)C)[C@H](OC(=O)C(C)(C)C)[C@H](OC(=O)C(C)(C)C)[C@H]2OC(=O)C(C)(C)C)cc1. The van der Waals surface area contributed by atoms with Gasteiger partial charge in [0.2, 0.25) is 0 Å². The molecule has 5 atom stereocenters. The highest BCUT2D eigenvalue weighted by Crippen LogP contribution is 2.33. The summed E-state index contributed by atoms with van der Waals surface area (Å²) in [6.45, 7) is 19.3. The van der Waals surface area contributed by atoms with Crippen molar-refractivity contribution in [3.8, 4) is 5.75 Å². The summed E-state index contributed by atoms with van der Waals surface area (Å²) in [4.78, 5) is 66.2. The number of nitrogens with one attached hydrogen (secondary N) is 1. The smallest absolute Gasteiger partial charge is 0.311 e. The third kappa shape index (κ3) is 10.4. The van der Waals surface area contributed by atoms with E-state index in [2.05, 4.69) is 5.32 Å². The highest BCUT2D eigenvalue weighted by molar-refractivity contribution is 5.94. The van der Waals surface area contributed by atoms with Crippen LogP contribution in [0.5, 0.6) is 5.75 Å². The summed E-state index contributed by atoms with van der Waals surface area (Å²) in [7, 11) is 1.49. The number of ether oxygens (including phenoxy) is 6. The average Bonchev–Trinajstić information content (AvgIpc) is 2.92. The number of esters is 4. The molecule has 12 heteroatoms. The fourth-order valence-corrected chi connectivity index (χ4v) is 3.80. The maximum absolute atomic E-state index is 13.5. The second kappa shape index (κ2) is 14.4. The van der Waals surface area contributed by atoms with Gasteiger partial charge >= 0.3 is 23.9 Å². The Morgan fingerprint density at radius 1 is 0.630 bits per heavy atom. The Bertz CT molecular complexity index is 1260. The number of rotatable bonds is 8. The van der Waals surface area contributed by atoms with Gasteiger partial charge in [-0.25, -0.2) is 0 Å². The van der Waals surface area contributed by atoms with Crippen LogP contribution in [-0.2, 0) is 42.9 Å². The minimum absolute atomic E-state index is 0.227. The molecule has 0 aliphatic carbocycles. The Morgan fingerprint density at radius 2 is 1.04 bits per heavy atom. The van der Waals surface area contributed by atoms with Gasteiger partial charge in [-0.1, -0.05) is 0 Å². The van der Waals surface area contributed by atoms with Gasteiger partial charge in [0, 0.05) is 5.56 Å². The van der Waals surface area contributed by atoms with E-state index in [0.717, 1.165) is 0 Å². The van der Waals surface area contributed by atoms with E-state index >= 15 is 0 Å². The molecule has 12 nitrogen and oxygen atoms in total. The van der Waals surface area contributed by atoms with Crippen molar-refractivity contribution in [2.45, 2.75) is 114 Å². The first kappa shape index (κ1) is 38.5. The highest BCUT2D eigenvalue weighted by atomic mass is 16.7. The Hall–Kier alpha value is -3.67. The molecule has 2 rings (SSSR count). The van der Waals surface area contributed by atoms with Crippen molar-refractivity contribution in [1.29, 1.82) is 0 Å². The van der Waals surface area contributed by atoms with Crippen LogP contribution in [0.4, 0.5) is 0 Å². The molecule has 1 aromatic rings. The van der Waals surface area contributed by atoms with E-state index in [1.165, 1.54) is 19.2 Å². The first-order valence-electron chi connectivity index (χ1n) is 15.3. The molecular weight excluding hydrogens is 598 g/mol. The summed E-state index contributed by atoms with van der Waals surface area (Å²) in [6.07, 6.45) is -7.04. The molecule has 1 fully saturated rings. The molecule has 258 valence electrons. The molecule has 0 radical (unpaired) electrons. The lowest BCUT2D eigenvalue weighted by Gasteiger charge is -2.46. The summed E-state index contributed by atoms with van der Waals surface area (Å²) in [5.41, 5.74) is -3.68. The van der Waals surface area contributed by atoms with Crippen molar-refractivity contribution in [2.24, 2.45) is 21.7 Å². The molecule has 46 heavy (non-hydrogen) atoms. The molecule has 0 spiro atoms. The third-order valence-electron chi connectivity index (χ3n) is 6.82. The Kier molecular flexibility index (Phi) is 12.1. The normalized spacial score (nSPS) is 22.2. The molecule has 0 bridgehead atoms. The van der Waals surface area contributed by atoms with Gasteiger partial charge in [0.25, 0.3) is 5.91 Å². The number of hydrogen-bond acceptors (Lipinski definition) is 11. The summed E-state index contributed by atoms with van der Waals surface area (Å²) in [5.74, 6) is -2.72. The van der Waals surface area contributed by atoms with Gasteiger partial charge in [-0.2, -0.15) is 0 Å². The first-order valence-corrected chi connectivity index (χ1v) is 15.3. The van der Waals surface area contributed by atoms with Gasteiger partial charge in [0.1, 0.15) is 18.5 Å². The van der Waals surface area contributed by atoms with Crippen molar-refractivity contribution in [3.05, 3.63) is 29.8 Å². The van der Waals surface area contributed by atoms with Crippen LogP contribution in [0.15, 0.2) is 24.3 Å². The van der Waals surface area contributed by atoms with Gasteiger partial charge in [0.15, 0.2) is 24.5 Å². The standard InChI is InChI=1S/C34H51NO11/c1-31(2,3)27(37)42-18-21-22(44-28(38)32(4,5)6)23(45-29(39)33(7,8)9)24(46-30(40)34(10,11)12)26(43-21)35-25(36)19-14-16-20(41-13)17-15-19/h14-17,21-24,26H,18H2,1-13H3,(H,35,36)/t21-,22+,23+,24-,26-/m1/s1. The lowest BCUT2D eigenvalue weighted by Crippen LogP contribution is -2.67. The average molecular weight is 650 g/mol. The largest absolute Gasteiger partial charge is 0.497 e. The number of amides is 1. The maximum Gasteiger partial charge on any atom is 0.311 e. The van der Waals surface area contributed by atoms with Crippen molar-refractivity contribution in [1.82, 2.24) is 5.32 Å². The zero-order valence-electron chi connectivity index (χ0n) is 29.4. The minimum Gasteiger partial charge on any atom is -0.497 e. The molecule has 1 heterocycles. The van der Waals surface area contributed by atoms with Crippen LogP contribution in [-0.4, -0.2) is 74.1 Å².